The summed E-state index contributed by atoms with van der Waals surface area (Å²) in [6.45, 7) is 5.29. The molecule has 4 nitrogen and oxygen atoms in total. The van der Waals surface area contributed by atoms with E-state index < -0.39 is 0 Å². The highest BCUT2D eigenvalue weighted by atomic mass is 16.5. The van der Waals surface area contributed by atoms with E-state index in [4.69, 9.17) is 9.84 Å². The maximum absolute atomic E-state index is 5.61. The highest BCUT2D eigenvalue weighted by molar-refractivity contribution is 5.75. The first kappa shape index (κ1) is 16.7. The molecule has 0 amide bonds. The zero-order chi connectivity index (χ0) is 18.1. The van der Waals surface area contributed by atoms with Crippen molar-refractivity contribution in [2.45, 2.75) is 33.1 Å². The minimum Gasteiger partial charge on any atom is -0.496 e. The number of nitrogens with one attached hydrogen (secondary N) is 1. The van der Waals surface area contributed by atoms with Crippen LogP contribution in [0.2, 0.25) is 0 Å². The molecule has 2 aromatic carbocycles. The third-order valence-corrected chi connectivity index (χ3v) is 5.30. The van der Waals surface area contributed by atoms with Gasteiger partial charge in [-0.05, 0) is 62.4 Å². The number of nitrogens with zero attached hydrogens (tertiary/aromatic N) is 2. The molecule has 134 valence electrons. The summed E-state index contributed by atoms with van der Waals surface area (Å²) < 4.78 is 7.70. The number of fused-ring (bicyclic) bond motifs is 1. The zero-order valence-electron chi connectivity index (χ0n) is 15.7. The van der Waals surface area contributed by atoms with Gasteiger partial charge in [0.1, 0.15) is 17.3 Å². The van der Waals surface area contributed by atoms with Crippen molar-refractivity contribution >= 4 is 5.82 Å². The van der Waals surface area contributed by atoms with Crippen molar-refractivity contribution < 1.29 is 4.74 Å². The Kier molecular flexibility index (Phi) is 4.41. The SMILES string of the molecule is COc1ccccc1-c1nn(-c2cccc(C)c2C)c2c1CCCCN2. The van der Waals surface area contributed by atoms with E-state index in [1.54, 1.807) is 7.11 Å². The van der Waals surface area contributed by atoms with Gasteiger partial charge in [-0.3, -0.25) is 0 Å². The predicted molar refractivity (Wildman–Crippen MR) is 106 cm³/mol. The Morgan fingerprint density at radius 3 is 2.73 bits per heavy atom. The first-order valence-electron chi connectivity index (χ1n) is 9.26. The summed E-state index contributed by atoms with van der Waals surface area (Å²) in [5, 5.41) is 8.68. The van der Waals surface area contributed by atoms with Crippen LogP contribution in [0.1, 0.15) is 29.5 Å². The van der Waals surface area contributed by atoms with Gasteiger partial charge in [0.05, 0.1) is 12.8 Å². The number of methoxy groups -OCH3 is 1. The molecule has 26 heavy (non-hydrogen) atoms. The van der Waals surface area contributed by atoms with Crippen LogP contribution in [0.5, 0.6) is 5.75 Å². The minimum absolute atomic E-state index is 0.866. The maximum Gasteiger partial charge on any atom is 0.133 e. The molecule has 0 atom stereocenters. The third-order valence-electron chi connectivity index (χ3n) is 5.30. The summed E-state index contributed by atoms with van der Waals surface area (Å²) in [4.78, 5) is 0. The van der Waals surface area contributed by atoms with Crippen LogP contribution in [0.3, 0.4) is 0 Å². The molecule has 4 rings (SSSR count). The van der Waals surface area contributed by atoms with E-state index in [2.05, 4.69) is 48.1 Å². The Labute approximate surface area is 154 Å². The molecule has 0 saturated heterocycles. The molecule has 1 aliphatic heterocycles. The van der Waals surface area contributed by atoms with Crippen LogP contribution in [-0.2, 0) is 6.42 Å². The zero-order valence-corrected chi connectivity index (χ0v) is 15.7. The summed E-state index contributed by atoms with van der Waals surface area (Å²) in [7, 11) is 1.72. The van der Waals surface area contributed by atoms with Crippen LogP contribution in [0.25, 0.3) is 16.9 Å². The topological polar surface area (TPSA) is 39.1 Å². The summed E-state index contributed by atoms with van der Waals surface area (Å²) >= 11 is 0. The number of anilines is 1. The number of ether oxygens (including phenoxy) is 1. The number of hydrogen-bond acceptors (Lipinski definition) is 3. The fourth-order valence-electron chi connectivity index (χ4n) is 3.70. The molecule has 2 heterocycles. The Morgan fingerprint density at radius 2 is 1.88 bits per heavy atom. The molecule has 1 N–H and O–H groups in total. The van der Waals surface area contributed by atoms with Gasteiger partial charge >= 0.3 is 0 Å². The lowest BCUT2D eigenvalue weighted by Gasteiger charge is -2.13. The van der Waals surface area contributed by atoms with E-state index in [1.165, 1.54) is 29.5 Å². The second kappa shape index (κ2) is 6.87. The van der Waals surface area contributed by atoms with Crippen molar-refractivity contribution in [1.82, 2.24) is 9.78 Å². The standard InChI is InChI=1S/C22H25N3O/c1-15-9-8-12-19(16(15)2)25-22-18(11-6-7-14-23-22)21(24-25)17-10-4-5-13-20(17)26-3/h4-5,8-10,12-13,23H,6-7,11,14H2,1-3H3. The Hall–Kier alpha value is -2.75. The molecule has 1 aliphatic rings. The Morgan fingerprint density at radius 1 is 1.04 bits per heavy atom. The van der Waals surface area contributed by atoms with Gasteiger partial charge in [-0.25, -0.2) is 4.68 Å². The molecule has 0 fully saturated rings. The second-order valence-electron chi connectivity index (χ2n) is 6.89. The fourth-order valence-corrected chi connectivity index (χ4v) is 3.70. The average molecular weight is 347 g/mol. The van der Waals surface area contributed by atoms with Gasteiger partial charge in [0.15, 0.2) is 0 Å². The first-order valence-corrected chi connectivity index (χ1v) is 9.26. The molecule has 0 saturated carbocycles. The maximum atomic E-state index is 5.61. The van der Waals surface area contributed by atoms with E-state index in [9.17, 15) is 0 Å². The Bertz CT molecular complexity index is 943. The number of rotatable bonds is 3. The van der Waals surface area contributed by atoms with E-state index in [-0.39, 0.29) is 0 Å². The highest BCUT2D eigenvalue weighted by Crippen LogP contribution is 2.38. The van der Waals surface area contributed by atoms with Gasteiger partial charge in [-0.2, -0.15) is 5.10 Å². The smallest absolute Gasteiger partial charge is 0.133 e. The molecule has 0 spiro atoms. The van der Waals surface area contributed by atoms with Crippen molar-refractivity contribution in [2.75, 3.05) is 19.0 Å². The molecule has 4 heteroatoms. The Balaban J connectivity index is 1.97. The molecular formula is C22H25N3O. The number of aryl methyl sites for hydroxylation is 1. The first-order chi connectivity index (χ1) is 12.7. The number of para-hydroxylation sites is 1. The molecule has 0 unspecified atom stereocenters. The van der Waals surface area contributed by atoms with Crippen LogP contribution in [0.15, 0.2) is 42.5 Å². The fraction of sp³-hybridized carbons (Fsp3) is 0.318. The van der Waals surface area contributed by atoms with Gasteiger partial charge in [0, 0.05) is 17.7 Å². The quantitative estimate of drug-likeness (QED) is 0.731. The van der Waals surface area contributed by atoms with Crippen molar-refractivity contribution in [3.63, 3.8) is 0 Å². The van der Waals surface area contributed by atoms with Gasteiger partial charge in [-0.1, -0.05) is 24.3 Å². The molecule has 3 aromatic rings. The molecule has 0 bridgehead atoms. The summed E-state index contributed by atoms with van der Waals surface area (Å²) in [5.41, 5.74) is 7.03. The van der Waals surface area contributed by atoms with E-state index in [0.29, 0.717) is 0 Å². The van der Waals surface area contributed by atoms with Crippen LogP contribution in [0, 0.1) is 13.8 Å². The lowest BCUT2D eigenvalue weighted by Crippen LogP contribution is -2.08. The van der Waals surface area contributed by atoms with Crippen LogP contribution in [-0.4, -0.2) is 23.4 Å². The summed E-state index contributed by atoms with van der Waals surface area (Å²) in [6, 6.07) is 14.5. The normalized spacial score (nSPS) is 13.7. The molecule has 0 radical (unpaired) electrons. The molecule has 0 aliphatic carbocycles. The van der Waals surface area contributed by atoms with Crippen molar-refractivity contribution in [1.29, 1.82) is 0 Å². The highest BCUT2D eigenvalue weighted by Gasteiger charge is 2.24. The van der Waals surface area contributed by atoms with Crippen molar-refractivity contribution in [3.05, 3.63) is 59.2 Å². The predicted octanol–water partition coefficient (Wildman–Crippen LogP) is 4.91. The van der Waals surface area contributed by atoms with Gasteiger partial charge in [0.2, 0.25) is 0 Å². The summed E-state index contributed by atoms with van der Waals surface area (Å²) in [5.74, 6) is 1.99. The van der Waals surface area contributed by atoms with Crippen LogP contribution < -0.4 is 10.1 Å². The lowest BCUT2D eigenvalue weighted by molar-refractivity contribution is 0.416. The van der Waals surface area contributed by atoms with Crippen LogP contribution >= 0.6 is 0 Å². The number of aromatic nitrogens is 2. The van der Waals surface area contributed by atoms with Crippen molar-refractivity contribution in [2.24, 2.45) is 0 Å². The van der Waals surface area contributed by atoms with Gasteiger partial charge in [-0.15, -0.1) is 0 Å². The largest absolute Gasteiger partial charge is 0.496 e. The van der Waals surface area contributed by atoms with Gasteiger partial charge in [0.25, 0.3) is 0 Å². The summed E-state index contributed by atoms with van der Waals surface area (Å²) in [6.07, 6.45) is 3.37. The van der Waals surface area contributed by atoms with E-state index >= 15 is 0 Å². The second-order valence-corrected chi connectivity index (χ2v) is 6.89. The third kappa shape index (κ3) is 2.75. The minimum atomic E-state index is 0.866. The lowest BCUT2D eigenvalue weighted by atomic mass is 10.0. The molecular weight excluding hydrogens is 322 g/mol. The van der Waals surface area contributed by atoms with E-state index in [1.807, 2.05) is 18.2 Å². The monoisotopic (exact) mass is 347 g/mol. The molecule has 1 aromatic heterocycles. The van der Waals surface area contributed by atoms with Crippen LogP contribution in [0.4, 0.5) is 5.82 Å². The number of hydrogen-bond donors (Lipinski definition) is 1. The average Bonchev–Trinajstić information content (AvgIpc) is 2.85. The van der Waals surface area contributed by atoms with Gasteiger partial charge < -0.3 is 10.1 Å². The van der Waals surface area contributed by atoms with E-state index in [0.717, 1.165) is 41.5 Å². The van der Waals surface area contributed by atoms with Crippen molar-refractivity contribution in [3.8, 4) is 22.7 Å². The number of benzene rings is 2.